The summed E-state index contributed by atoms with van der Waals surface area (Å²) in [6, 6.07) is 9.75. The molecule has 186 valence electrons. The average molecular weight is 530 g/mol. The molecule has 2 heterocycles. The van der Waals surface area contributed by atoms with Gasteiger partial charge in [0.2, 0.25) is 0 Å². The molecule has 3 aromatic rings. The average Bonchev–Trinajstić information content (AvgIpc) is 3.14. The number of thiazole rings is 1. The molecule has 36 heavy (non-hydrogen) atoms. The zero-order valence-corrected chi connectivity index (χ0v) is 20.7. The maximum atomic E-state index is 13.6. The van der Waals surface area contributed by atoms with Crippen LogP contribution in [0, 0.1) is 10.1 Å². The molecule has 1 aliphatic rings. The second kappa shape index (κ2) is 10.4. The summed E-state index contributed by atoms with van der Waals surface area (Å²) < 4.78 is 11.9. The SMILES string of the molecule is COCCOC(=O)C1=C(C)N=c2sc(=Cc3ccc(O)c([N+](=O)[O-])c3)c(=O)n2C1c1ccc(Cl)cc1. The van der Waals surface area contributed by atoms with Crippen molar-refractivity contribution < 1.29 is 24.3 Å². The third-order valence-corrected chi connectivity index (χ3v) is 6.68. The van der Waals surface area contributed by atoms with E-state index in [9.17, 15) is 24.8 Å². The van der Waals surface area contributed by atoms with Gasteiger partial charge in [-0.25, -0.2) is 9.79 Å². The van der Waals surface area contributed by atoms with Gasteiger partial charge in [0.05, 0.1) is 33.4 Å². The number of rotatable bonds is 7. The van der Waals surface area contributed by atoms with E-state index < -0.39 is 33.9 Å². The fourth-order valence-corrected chi connectivity index (χ4v) is 4.94. The van der Waals surface area contributed by atoms with Gasteiger partial charge in [0.25, 0.3) is 5.56 Å². The first kappa shape index (κ1) is 25.3. The van der Waals surface area contributed by atoms with E-state index >= 15 is 0 Å². The second-order valence-corrected chi connectivity index (χ2v) is 9.21. The van der Waals surface area contributed by atoms with Crippen molar-refractivity contribution in [2.24, 2.45) is 4.99 Å². The van der Waals surface area contributed by atoms with Crippen LogP contribution in [0.25, 0.3) is 6.08 Å². The molecule has 1 unspecified atom stereocenters. The molecular weight excluding hydrogens is 510 g/mol. The van der Waals surface area contributed by atoms with E-state index in [1.807, 2.05) is 0 Å². The highest BCUT2D eigenvalue weighted by atomic mass is 35.5. The first-order valence-electron chi connectivity index (χ1n) is 10.6. The lowest BCUT2D eigenvalue weighted by molar-refractivity contribution is -0.385. The summed E-state index contributed by atoms with van der Waals surface area (Å²) in [5, 5.41) is 21.4. The molecule has 0 bridgehead atoms. The van der Waals surface area contributed by atoms with Crippen molar-refractivity contribution in [3.05, 3.63) is 99.7 Å². The molecule has 1 aliphatic heterocycles. The van der Waals surface area contributed by atoms with Crippen molar-refractivity contribution in [2.75, 3.05) is 20.3 Å². The summed E-state index contributed by atoms with van der Waals surface area (Å²) in [7, 11) is 1.49. The van der Waals surface area contributed by atoms with Crippen molar-refractivity contribution in [3.63, 3.8) is 0 Å². The number of esters is 1. The normalized spacial score (nSPS) is 15.4. The van der Waals surface area contributed by atoms with Crippen molar-refractivity contribution in [2.45, 2.75) is 13.0 Å². The topological polar surface area (TPSA) is 133 Å². The Labute approximate surface area is 213 Å². The number of nitrogens with zero attached hydrogens (tertiary/aromatic N) is 3. The Kier molecular flexibility index (Phi) is 7.34. The number of fused-ring (bicyclic) bond motifs is 1. The van der Waals surface area contributed by atoms with Gasteiger partial charge in [-0.3, -0.25) is 19.5 Å². The van der Waals surface area contributed by atoms with E-state index in [0.717, 1.165) is 11.3 Å². The van der Waals surface area contributed by atoms with Gasteiger partial charge in [0.15, 0.2) is 10.6 Å². The van der Waals surface area contributed by atoms with Crippen molar-refractivity contribution in [1.82, 2.24) is 4.57 Å². The Morgan fingerprint density at radius 3 is 2.67 bits per heavy atom. The minimum absolute atomic E-state index is 0.0313. The van der Waals surface area contributed by atoms with Crippen LogP contribution in [0.5, 0.6) is 5.75 Å². The number of hydrogen-bond donors (Lipinski definition) is 1. The highest BCUT2D eigenvalue weighted by Gasteiger charge is 2.33. The van der Waals surface area contributed by atoms with Gasteiger partial charge in [-0.15, -0.1) is 0 Å². The number of nitro groups is 1. The van der Waals surface area contributed by atoms with E-state index in [1.165, 1.54) is 36.0 Å². The predicted molar refractivity (Wildman–Crippen MR) is 133 cm³/mol. The summed E-state index contributed by atoms with van der Waals surface area (Å²) >= 11 is 7.14. The number of benzene rings is 2. The largest absolute Gasteiger partial charge is 0.502 e. The van der Waals surface area contributed by atoms with Crippen LogP contribution in [0.15, 0.2) is 63.5 Å². The molecule has 0 spiro atoms. The van der Waals surface area contributed by atoms with Gasteiger partial charge in [0.1, 0.15) is 6.61 Å². The minimum Gasteiger partial charge on any atom is -0.502 e. The van der Waals surface area contributed by atoms with E-state index in [-0.39, 0.29) is 23.3 Å². The summed E-state index contributed by atoms with van der Waals surface area (Å²) in [4.78, 5) is 41.9. The predicted octanol–water partition coefficient (Wildman–Crippen LogP) is 2.69. The molecule has 4 rings (SSSR count). The molecule has 10 nitrogen and oxygen atoms in total. The van der Waals surface area contributed by atoms with Crippen LogP contribution in [-0.4, -0.2) is 40.9 Å². The van der Waals surface area contributed by atoms with E-state index in [1.54, 1.807) is 31.2 Å². The third kappa shape index (κ3) is 4.94. The third-order valence-electron chi connectivity index (χ3n) is 5.44. The number of nitro benzene ring substituents is 1. The molecule has 0 fully saturated rings. The van der Waals surface area contributed by atoms with Crippen molar-refractivity contribution in [1.29, 1.82) is 0 Å². The number of phenols is 1. The molecule has 0 saturated heterocycles. The lowest BCUT2D eigenvalue weighted by Gasteiger charge is -2.24. The fourth-order valence-electron chi connectivity index (χ4n) is 3.77. The molecule has 1 atom stereocenters. The maximum Gasteiger partial charge on any atom is 0.338 e. The maximum absolute atomic E-state index is 13.6. The molecular formula is C24H20ClN3O7S. The number of methoxy groups -OCH3 is 1. The first-order valence-corrected chi connectivity index (χ1v) is 11.8. The van der Waals surface area contributed by atoms with Crippen LogP contribution in [0.2, 0.25) is 5.02 Å². The zero-order valence-electron chi connectivity index (χ0n) is 19.1. The van der Waals surface area contributed by atoms with Gasteiger partial charge in [0, 0.05) is 18.2 Å². The Balaban J connectivity index is 1.88. The fraction of sp³-hybridized carbons (Fsp3) is 0.208. The van der Waals surface area contributed by atoms with Crippen LogP contribution in [0.4, 0.5) is 5.69 Å². The lowest BCUT2D eigenvalue weighted by atomic mass is 9.96. The van der Waals surface area contributed by atoms with Gasteiger partial charge in [-0.1, -0.05) is 41.1 Å². The number of phenolic OH excluding ortho intramolecular Hbond substituents is 1. The van der Waals surface area contributed by atoms with E-state index in [2.05, 4.69) is 4.99 Å². The first-order chi connectivity index (χ1) is 17.2. The highest BCUT2D eigenvalue weighted by molar-refractivity contribution is 7.07. The van der Waals surface area contributed by atoms with Crippen molar-refractivity contribution >= 4 is 40.7 Å². The van der Waals surface area contributed by atoms with Crippen LogP contribution >= 0.6 is 22.9 Å². The Morgan fingerprint density at radius 1 is 1.28 bits per heavy atom. The van der Waals surface area contributed by atoms with Crippen LogP contribution in [-0.2, 0) is 14.3 Å². The zero-order chi connectivity index (χ0) is 26.0. The Bertz CT molecular complexity index is 1560. The molecule has 12 heteroatoms. The number of aromatic hydroxyl groups is 1. The monoisotopic (exact) mass is 529 g/mol. The van der Waals surface area contributed by atoms with E-state index in [0.29, 0.717) is 26.6 Å². The number of halogens is 1. The van der Waals surface area contributed by atoms with Gasteiger partial charge >= 0.3 is 11.7 Å². The smallest absolute Gasteiger partial charge is 0.338 e. The van der Waals surface area contributed by atoms with Crippen LogP contribution < -0.4 is 14.9 Å². The standard InChI is InChI=1S/C24H20ClN3O7S/c1-13-20(23(31)35-10-9-34-2)21(15-4-6-16(25)7-5-15)27-22(30)19(36-24(27)26-13)12-14-3-8-18(29)17(11-14)28(32)33/h3-8,11-12,21,29H,9-10H2,1-2H3. The quantitative estimate of drug-likeness (QED) is 0.215. The minimum atomic E-state index is -0.829. The molecule has 0 aliphatic carbocycles. The summed E-state index contributed by atoms with van der Waals surface area (Å²) in [6.45, 7) is 1.90. The van der Waals surface area contributed by atoms with Gasteiger partial charge < -0.3 is 14.6 Å². The Hall–Kier alpha value is -3.80. The van der Waals surface area contributed by atoms with Crippen LogP contribution in [0.1, 0.15) is 24.1 Å². The summed E-state index contributed by atoms with van der Waals surface area (Å²) in [5.74, 6) is -1.11. The summed E-state index contributed by atoms with van der Waals surface area (Å²) in [5.41, 5.74) is 0.651. The molecule has 1 N–H and O–H groups in total. The number of carbonyl (C=O) groups is 1. The van der Waals surface area contributed by atoms with E-state index in [4.69, 9.17) is 21.1 Å². The number of hydrogen-bond acceptors (Lipinski definition) is 9. The van der Waals surface area contributed by atoms with Gasteiger partial charge in [-0.2, -0.15) is 0 Å². The van der Waals surface area contributed by atoms with Crippen LogP contribution in [0.3, 0.4) is 0 Å². The lowest BCUT2D eigenvalue weighted by Crippen LogP contribution is -2.40. The Morgan fingerprint density at radius 2 is 2.00 bits per heavy atom. The molecule has 0 radical (unpaired) electrons. The number of ether oxygens (including phenoxy) is 2. The molecule has 2 aromatic carbocycles. The molecule has 0 amide bonds. The highest BCUT2D eigenvalue weighted by Crippen LogP contribution is 2.31. The molecule has 0 saturated carbocycles. The summed E-state index contributed by atoms with van der Waals surface area (Å²) in [6.07, 6.45) is 1.48. The molecule has 1 aromatic heterocycles. The van der Waals surface area contributed by atoms with Crippen molar-refractivity contribution in [3.8, 4) is 5.75 Å². The second-order valence-electron chi connectivity index (χ2n) is 7.77. The number of allylic oxidation sites excluding steroid dienone is 1. The number of aromatic nitrogens is 1. The van der Waals surface area contributed by atoms with Gasteiger partial charge in [-0.05, 0) is 42.3 Å². The number of carbonyl (C=O) groups excluding carboxylic acids is 1.